The van der Waals surface area contributed by atoms with Crippen LogP contribution < -0.4 is 10.1 Å². The summed E-state index contributed by atoms with van der Waals surface area (Å²) in [5.41, 5.74) is 1.17. The Labute approximate surface area is 136 Å². The van der Waals surface area contributed by atoms with Gasteiger partial charge in [0.25, 0.3) is 0 Å². The quantitative estimate of drug-likeness (QED) is 0.682. The Bertz CT molecular complexity index is 847. The van der Waals surface area contributed by atoms with Crippen molar-refractivity contribution in [2.24, 2.45) is 0 Å². The van der Waals surface area contributed by atoms with Crippen LogP contribution in [0.15, 0.2) is 42.5 Å². The molecule has 24 heavy (non-hydrogen) atoms. The van der Waals surface area contributed by atoms with Crippen molar-refractivity contribution in [2.75, 3.05) is 13.2 Å². The molecule has 7 heteroatoms. The number of rotatable bonds is 6. The van der Waals surface area contributed by atoms with Gasteiger partial charge in [0.15, 0.2) is 0 Å². The molecule has 3 aromatic rings. The number of aromatic amines is 1. The summed E-state index contributed by atoms with van der Waals surface area (Å²) < 4.78 is 31.4. The molecule has 0 bridgehead atoms. The fourth-order valence-electron chi connectivity index (χ4n) is 2.28. The maximum atomic E-state index is 13.3. The van der Waals surface area contributed by atoms with Crippen LogP contribution in [0, 0.1) is 11.6 Å². The Kier molecular flexibility index (Phi) is 4.69. The highest BCUT2D eigenvalue weighted by molar-refractivity contribution is 5.87. The van der Waals surface area contributed by atoms with Gasteiger partial charge in [-0.05, 0) is 42.5 Å². The summed E-state index contributed by atoms with van der Waals surface area (Å²) in [5.74, 6) is -0.412. The summed E-state index contributed by atoms with van der Waals surface area (Å²) in [5, 5.41) is 10.1. The lowest BCUT2D eigenvalue weighted by Gasteiger charge is -2.07. The van der Waals surface area contributed by atoms with Crippen LogP contribution >= 0.6 is 0 Å². The molecule has 0 unspecified atom stereocenters. The zero-order chi connectivity index (χ0) is 16.9. The van der Waals surface area contributed by atoms with E-state index < -0.39 is 0 Å². The molecule has 0 saturated heterocycles. The second-order valence-corrected chi connectivity index (χ2v) is 5.19. The third-order valence-electron chi connectivity index (χ3n) is 3.44. The monoisotopic (exact) mass is 331 g/mol. The molecule has 0 saturated carbocycles. The highest BCUT2D eigenvalue weighted by Crippen LogP contribution is 2.17. The first kappa shape index (κ1) is 15.9. The Morgan fingerprint density at radius 2 is 1.88 bits per heavy atom. The molecule has 5 nitrogen and oxygen atoms in total. The number of aromatic nitrogens is 2. The number of halogens is 2. The number of carbonyl (C=O) groups excluding carboxylic acids is 1. The van der Waals surface area contributed by atoms with Gasteiger partial charge in [0.05, 0.1) is 24.2 Å². The summed E-state index contributed by atoms with van der Waals surface area (Å²) in [6.45, 7) is 0.562. The van der Waals surface area contributed by atoms with Gasteiger partial charge in [0, 0.05) is 5.39 Å². The molecule has 0 radical (unpaired) electrons. The molecule has 2 N–H and O–H groups in total. The molecule has 0 atom stereocenters. The maximum absolute atomic E-state index is 13.3. The number of nitrogens with one attached hydrogen (secondary N) is 2. The average Bonchev–Trinajstić information content (AvgIpc) is 2.95. The normalized spacial score (nSPS) is 10.8. The van der Waals surface area contributed by atoms with Crippen LogP contribution in [0.5, 0.6) is 5.75 Å². The van der Waals surface area contributed by atoms with E-state index in [0.29, 0.717) is 28.9 Å². The van der Waals surface area contributed by atoms with E-state index in [0.717, 1.165) is 0 Å². The van der Waals surface area contributed by atoms with E-state index in [1.807, 2.05) is 0 Å². The van der Waals surface area contributed by atoms with Crippen LogP contribution in [0.2, 0.25) is 0 Å². The largest absolute Gasteiger partial charge is 0.492 e. The molecular formula is C17H15F2N3O2. The van der Waals surface area contributed by atoms with Gasteiger partial charge in [-0.1, -0.05) is 0 Å². The van der Waals surface area contributed by atoms with E-state index in [1.165, 1.54) is 36.4 Å². The average molecular weight is 331 g/mol. The van der Waals surface area contributed by atoms with Crippen molar-refractivity contribution >= 4 is 16.8 Å². The second kappa shape index (κ2) is 7.08. The van der Waals surface area contributed by atoms with Crippen molar-refractivity contribution < 1.29 is 18.3 Å². The van der Waals surface area contributed by atoms with E-state index in [9.17, 15) is 13.6 Å². The number of hydrogen-bond acceptors (Lipinski definition) is 3. The first-order valence-corrected chi connectivity index (χ1v) is 7.39. The highest BCUT2D eigenvalue weighted by Gasteiger charge is 2.10. The van der Waals surface area contributed by atoms with E-state index >= 15 is 0 Å². The Balaban J connectivity index is 1.48. The third-order valence-corrected chi connectivity index (χ3v) is 3.44. The smallest absolute Gasteiger partial charge is 0.226 e. The summed E-state index contributed by atoms with van der Waals surface area (Å²) in [6, 6.07) is 9.86. The van der Waals surface area contributed by atoms with Gasteiger partial charge in [-0.3, -0.25) is 9.89 Å². The van der Waals surface area contributed by atoms with Gasteiger partial charge >= 0.3 is 0 Å². The fourth-order valence-corrected chi connectivity index (χ4v) is 2.28. The molecule has 1 heterocycles. The highest BCUT2D eigenvalue weighted by atomic mass is 19.1. The molecule has 0 aliphatic rings. The van der Waals surface area contributed by atoms with Crippen molar-refractivity contribution in [3.05, 3.63) is 59.8 Å². The van der Waals surface area contributed by atoms with Crippen molar-refractivity contribution in [2.45, 2.75) is 6.42 Å². The molecule has 124 valence electrons. The number of hydrogen-bond donors (Lipinski definition) is 2. The van der Waals surface area contributed by atoms with E-state index in [2.05, 4.69) is 15.5 Å². The minimum absolute atomic E-state index is 0.0660. The van der Waals surface area contributed by atoms with Crippen molar-refractivity contribution in [1.29, 1.82) is 0 Å². The lowest BCUT2D eigenvalue weighted by atomic mass is 10.1. The molecule has 2 aromatic carbocycles. The summed E-state index contributed by atoms with van der Waals surface area (Å²) in [7, 11) is 0. The van der Waals surface area contributed by atoms with Crippen molar-refractivity contribution in [3.63, 3.8) is 0 Å². The molecule has 0 spiro atoms. The van der Waals surface area contributed by atoms with Crippen LogP contribution in [0.4, 0.5) is 8.78 Å². The molecule has 1 aromatic heterocycles. The van der Waals surface area contributed by atoms with E-state index in [-0.39, 0.29) is 30.6 Å². The van der Waals surface area contributed by atoms with Gasteiger partial charge in [-0.25, -0.2) is 8.78 Å². The minimum Gasteiger partial charge on any atom is -0.492 e. The molecule has 3 rings (SSSR count). The summed E-state index contributed by atoms with van der Waals surface area (Å²) in [4.78, 5) is 11.9. The third kappa shape index (κ3) is 3.87. The SMILES string of the molecule is O=C(Cc1[nH]nc2ccc(F)cc12)NCCOc1ccc(F)cc1. The lowest BCUT2D eigenvalue weighted by molar-refractivity contribution is -0.120. The number of fused-ring (bicyclic) bond motifs is 1. The topological polar surface area (TPSA) is 67.0 Å². The van der Waals surface area contributed by atoms with Crippen LogP contribution in [-0.2, 0) is 11.2 Å². The van der Waals surface area contributed by atoms with Crippen LogP contribution in [0.3, 0.4) is 0 Å². The summed E-state index contributed by atoms with van der Waals surface area (Å²) in [6.07, 6.45) is 0.0660. The van der Waals surface area contributed by atoms with Crippen molar-refractivity contribution in [3.8, 4) is 5.75 Å². The number of carbonyl (C=O) groups is 1. The van der Waals surface area contributed by atoms with Gasteiger partial charge in [-0.2, -0.15) is 5.10 Å². The van der Waals surface area contributed by atoms with Crippen LogP contribution in [0.25, 0.3) is 10.9 Å². The Hall–Kier alpha value is -2.96. The van der Waals surface area contributed by atoms with Gasteiger partial charge in [0.2, 0.25) is 5.91 Å². The standard InChI is InChI=1S/C17H15F2N3O2/c18-11-1-4-13(5-2-11)24-8-7-20-17(23)10-16-14-9-12(19)3-6-15(14)21-22-16/h1-6,9H,7-8,10H2,(H,20,23)(H,21,22). The Morgan fingerprint density at radius 1 is 1.12 bits per heavy atom. The zero-order valence-electron chi connectivity index (χ0n) is 12.7. The predicted octanol–water partition coefficient (Wildman–Crippen LogP) is 2.58. The molecule has 1 amide bonds. The predicted molar refractivity (Wildman–Crippen MR) is 84.7 cm³/mol. The Morgan fingerprint density at radius 3 is 2.67 bits per heavy atom. The van der Waals surface area contributed by atoms with Crippen molar-refractivity contribution in [1.82, 2.24) is 15.5 Å². The first-order valence-electron chi connectivity index (χ1n) is 7.39. The van der Waals surface area contributed by atoms with Gasteiger partial charge < -0.3 is 10.1 Å². The van der Waals surface area contributed by atoms with E-state index in [4.69, 9.17) is 4.74 Å². The van der Waals surface area contributed by atoms with Crippen LogP contribution in [0.1, 0.15) is 5.69 Å². The number of nitrogens with zero attached hydrogens (tertiary/aromatic N) is 1. The minimum atomic E-state index is -0.377. The van der Waals surface area contributed by atoms with Gasteiger partial charge in [-0.15, -0.1) is 0 Å². The molecule has 0 fully saturated rings. The van der Waals surface area contributed by atoms with Gasteiger partial charge in [0.1, 0.15) is 24.0 Å². The van der Waals surface area contributed by atoms with E-state index in [1.54, 1.807) is 6.07 Å². The number of H-pyrrole nitrogens is 1. The van der Waals surface area contributed by atoms with Crippen LogP contribution in [-0.4, -0.2) is 29.3 Å². The fraction of sp³-hybridized carbons (Fsp3) is 0.176. The molecule has 0 aliphatic carbocycles. The second-order valence-electron chi connectivity index (χ2n) is 5.19. The molecule has 0 aliphatic heterocycles. The first-order chi connectivity index (χ1) is 11.6. The lowest BCUT2D eigenvalue weighted by Crippen LogP contribution is -2.29. The number of benzene rings is 2. The zero-order valence-corrected chi connectivity index (χ0v) is 12.7. The number of ether oxygens (including phenoxy) is 1. The summed E-state index contributed by atoms with van der Waals surface area (Å²) >= 11 is 0. The molecular weight excluding hydrogens is 316 g/mol. The number of amides is 1. The maximum Gasteiger partial charge on any atom is 0.226 e.